The molecular weight excluding hydrogens is 202 g/mol. The second-order valence-corrected chi connectivity index (χ2v) is 3.78. The number of benzene rings is 1. The first kappa shape index (κ1) is 10.5. The molecular formula is C13H13NO2. The standard InChI is InChI=1S/C13H13NO2/c1-9-4-2-3-5-10(9)8-11-6-7-14-13(16)12(11)15/h2-7,15H,8H2,1H3,(H,14,16). The van der Waals surface area contributed by atoms with Crippen molar-refractivity contribution >= 4 is 0 Å². The Morgan fingerprint density at radius 2 is 1.94 bits per heavy atom. The van der Waals surface area contributed by atoms with Crippen molar-refractivity contribution in [3.8, 4) is 5.75 Å². The maximum atomic E-state index is 11.2. The number of hydrogen-bond donors (Lipinski definition) is 2. The third-order valence-corrected chi connectivity index (χ3v) is 2.66. The number of aromatic hydroxyl groups is 1. The summed E-state index contributed by atoms with van der Waals surface area (Å²) in [5.74, 6) is -0.189. The van der Waals surface area contributed by atoms with E-state index in [2.05, 4.69) is 4.98 Å². The largest absolute Gasteiger partial charge is 0.503 e. The fraction of sp³-hybridized carbons (Fsp3) is 0.154. The van der Waals surface area contributed by atoms with Gasteiger partial charge in [0, 0.05) is 18.2 Å². The van der Waals surface area contributed by atoms with Crippen LogP contribution in [-0.2, 0) is 6.42 Å². The molecule has 2 aromatic rings. The van der Waals surface area contributed by atoms with E-state index in [0.29, 0.717) is 12.0 Å². The second-order valence-electron chi connectivity index (χ2n) is 3.78. The van der Waals surface area contributed by atoms with Gasteiger partial charge in [-0.15, -0.1) is 0 Å². The van der Waals surface area contributed by atoms with Gasteiger partial charge in [-0.2, -0.15) is 0 Å². The van der Waals surface area contributed by atoms with Gasteiger partial charge in [-0.3, -0.25) is 4.79 Å². The van der Waals surface area contributed by atoms with E-state index in [-0.39, 0.29) is 5.75 Å². The molecule has 0 unspecified atom stereocenters. The first-order valence-corrected chi connectivity index (χ1v) is 5.12. The predicted octanol–water partition coefficient (Wildman–Crippen LogP) is 1.98. The summed E-state index contributed by atoms with van der Waals surface area (Å²) in [7, 11) is 0. The molecule has 0 aliphatic rings. The van der Waals surface area contributed by atoms with Crippen LogP contribution in [0.1, 0.15) is 16.7 Å². The van der Waals surface area contributed by atoms with Gasteiger partial charge in [0.15, 0.2) is 5.75 Å². The van der Waals surface area contributed by atoms with Crippen molar-refractivity contribution in [1.29, 1.82) is 0 Å². The molecule has 0 aliphatic heterocycles. The molecule has 0 saturated carbocycles. The van der Waals surface area contributed by atoms with E-state index in [9.17, 15) is 9.90 Å². The Hall–Kier alpha value is -2.03. The lowest BCUT2D eigenvalue weighted by molar-refractivity contribution is 0.460. The number of aromatic nitrogens is 1. The van der Waals surface area contributed by atoms with Gasteiger partial charge < -0.3 is 10.1 Å². The van der Waals surface area contributed by atoms with Crippen LogP contribution in [0, 0.1) is 6.92 Å². The van der Waals surface area contributed by atoms with E-state index in [1.807, 2.05) is 31.2 Å². The highest BCUT2D eigenvalue weighted by molar-refractivity contribution is 5.36. The molecule has 2 N–H and O–H groups in total. The van der Waals surface area contributed by atoms with E-state index >= 15 is 0 Å². The molecule has 0 fully saturated rings. The van der Waals surface area contributed by atoms with E-state index in [0.717, 1.165) is 11.1 Å². The zero-order valence-corrected chi connectivity index (χ0v) is 9.03. The first-order valence-electron chi connectivity index (χ1n) is 5.12. The van der Waals surface area contributed by atoms with Crippen LogP contribution >= 0.6 is 0 Å². The zero-order valence-electron chi connectivity index (χ0n) is 9.03. The molecule has 1 heterocycles. The van der Waals surface area contributed by atoms with Gasteiger partial charge in [-0.25, -0.2) is 0 Å². The summed E-state index contributed by atoms with van der Waals surface area (Å²) in [4.78, 5) is 13.6. The summed E-state index contributed by atoms with van der Waals surface area (Å²) in [5.41, 5.74) is 2.48. The summed E-state index contributed by atoms with van der Waals surface area (Å²) in [6.45, 7) is 2.01. The SMILES string of the molecule is Cc1ccccc1Cc1cc[nH]c(=O)c1O. The Morgan fingerprint density at radius 3 is 2.69 bits per heavy atom. The highest BCUT2D eigenvalue weighted by Crippen LogP contribution is 2.17. The summed E-state index contributed by atoms with van der Waals surface area (Å²) in [6.07, 6.45) is 2.12. The zero-order chi connectivity index (χ0) is 11.5. The van der Waals surface area contributed by atoms with Crippen molar-refractivity contribution in [3.05, 3.63) is 63.6 Å². The Labute approximate surface area is 93.4 Å². The lowest BCUT2D eigenvalue weighted by Crippen LogP contribution is -2.06. The number of aromatic amines is 1. The lowest BCUT2D eigenvalue weighted by atomic mass is 10.0. The van der Waals surface area contributed by atoms with Gasteiger partial charge in [0.1, 0.15) is 0 Å². The molecule has 3 nitrogen and oxygen atoms in total. The third-order valence-electron chi connectivity index (χ3n) is 2.66. The van der Waals surface area contributed by atoms with Crippen LogP contribution < -0.4 is 5.56 Å². The summed E-state index contributed by atoms with van der Waals surface area (Å²) >= 11 is 0. The van der Waals surface area contributed by atoms with Gasteiger partial charge in [0.25, 0.3) is 5.56 Å². The molecule has 1 aromatic heterocycles. The summed E-state index contributed by atoms with van der Waals surface area (Å²) in [5, 5.41) is 9.61. The molecule has 0 saturated heterocycles. The second kappa shape index (κ2) is 4.23. The van der Waals surface area contributed by atoms with Crippen molar-refractivity contribution in [1.82, 2.24) is 4.98 Å². The Balaban J connectivity index is 2.38. The highest BCUT2D eigenvalue weighted by Gasteiger charge is 2.06. The number of pyridine rings is 1. The van der Waals surface area contributed by atoms with E-state index in [1.54, 1.807) is 12.3 Å². The van der Waals surface area contributed by atoms with Gasteiger partial charge in [-0.1, -0.05) is 24.3 Å². The minimum Gasteiger partial charge on any atom is -0.503 e. The van der Waals surface area contributed by atoms with Crippen LogP contribution in [0.4, 0.5) is 0 Å². The molecule has 0 atom stereocenters. The van der Waals surface area contributed by atoms with Crippen LogP contribution in [0.2, 0.25) is 0 Å². The van der Waals surface area contributed by atoms with Crippen molar-refractivity contribution in [2.75, 3.05) is 0 Å². The number of nitrogens with one attached hydrogen (secondary N) is 1. The number of hydrogen-bond acceptors (Lipinski definition) is 2. The maximum absolute atomic E-state index is 11.2. The average Bonchev–Trinajstić information content (AvgIpc) is 2.28. The molecule has 0 spiro atoms. The maximum Gasteiger partial charge on any atom is 0.290 e. The van der Waals surface area contributed by atoms with Crippen molar-refractivity contribution in [3.63, 3.8) is 0 Å². The van der Waals surface area contributed by atoms with Gasteiger partial charge >= 0.3 is 0 Å². The minimum absolute atomic E-state index is 0.189. The van der Waals surface area contributed by atoms with Crippen molar-refractivity contribution < 1.29 is 5.11 Å². The van der Waals surface area contributed by atoms with Crippen LogP contribution in [-0.4, -0.2) is 10.1 Å². The van der Waals surface area contributed by atoms with E-state index in [1.165, 1.54) is 0 Å². The van der Waals surface area contributed by atoms with Crippen LogP contribution in [0.15, 0.2) is 41.3 Å². The molecule has 0 amide bonds. The average molecular weight is 215 g/mol. The van der Waals surface area contributed by atoms with Crippen LogP contribution in [0.5, 0.6) is 5.75 Å². The highest BCUT2D eigenvalue weighted by atomic mass is 16.3. The molecule has 3 heteroatoms. The number of rotatable bonds is 2. The molecule has 0 bridgehead atoms. The first-order chi connectivity index (χ1) is 7.68. The van der Waals surface area contributed by atoms with Gasteiger partial charge in [-0.05, 0) is 24.1 Å². The quantitative estimate of drug-likeness (QED) is 0.804. The third kappa shape index (κ3) is 1.98. The summed E-state index contributed by atoms with van der Waals surface area (Å²) in [6, 6.07) is 9.65. The van der Waals surface area contributed by atoms with Crippen LogP contribution in [0.25, 0.3) is 0 Å². The van der Waals surface area contributed by atoms with Crippen molar-refractivity contribution in [2.24, 2.45) is 0 Å². The molecule has 2 rings (SSSR count). The van der Waals surface area contributed by atoms with Crippen molar-refractivity contribution in [2.45, 2.75) is 13.3 Å². The summed E-state index contributed by atoms with van der Waals surface area (Å²) < 4.78 is 0. The molecule has 82 valence electrons. The smallest absolute Gasteiger partial charge is 0.290 e. The monoisotopic (exact) mass is 215 g/mol. The fourth-order valence-corrected chi connectivity index (χ4v) is 1.67. The van der Waals surface area contributed by atoms with Crippen LogP contribution in [0.3, 0.4) is 0 Å². The molecule has 0 aliphatic carbocycles. The normalized spacial score (nSPS) is 10.3. The minimum atomic E-state index is -0.439. The lowest BCUT2D eigenvalue weighted by Gasteiger charge is -2.06. The number of H-pyrrole nitrogens is 1. The predicted molar refractivity (Wildman–Crippen MR) is 62.7 cm³/mol. The molecule has 1 aromatic carbocycles. The van der Waals surface area contributed by atoms with E-state index < -0.39 is 5.56 Å². The number of aryl methyl sites for hydroxylation is 1. The topological polar surface area (TPSA) is 53.1 Å². The Bertz CT molecular complexity index is 558. The van der Waals surface area contributed by atoms with Gasteiger partial charge in [0.2, 0.25) is 0 Å². The Kier molecular flexibility index (Phi) is 2.77. The fourth-order valence-electron chi connectivity index (χ4n) is 1.67. The van der Waals surface area contributed by atoms with E-state index in [4.69, 9.17) is 0 Å². The van der Waals surface area contributed by atoms with Gasteiger partial charge in [0.05, 0.1) is 0 Å². The molecule has 0 radical (unpaired) electrons. The molecule has 16 heavy (non-hydrogen) atoms. The Morgan fingerprint density at radius 1 is 1.19 bits per heavy atom.